The van der Waals surface area contributed by atoms with Gasteiger partial charge in [0.2, 0.25) is 0 Å². The van der Waals surface area contributed by atoms with E-state index in [4.69, 9.17) is 4.74 Å². The van der Waals surface area contributed by atoms with Gasteiger partial charge in [0, 0.05) is 4.47 Å². The Labute approximate surface area is 119 Å². The van der Waals surface area contributed by atoms with Gasteiger partial charge in [-0.15, -0.1) is 0 Å². The Morgan fingerprint density at radius 1 is 1.37 bits per heavy atom. The maximum Gasteiger partial charge on any atom is 0.412 e. The Morgan fingerprint density at radius 2 is 2.11 bits per heavy atom. The molecular weight excluding hydrogens is 308 g/mol. The van der Waals surface area contributed by atoms with E-state index in [9.17, 15) is 4.79 Å². The second-order valence-corrected chi connectivity index (χ2v) is 4.83. The van der Waals surface area contributed by atoms with Crippen molar-refractivity contribution in [2.24, 2.45) is 0 Å². The molecule has 2 rings (SSSR count). The molecule has 0 radical (unpaired) electrons. The van der Waals surface area contributed by atoms with Crippen LogP contribution < -0.4 is 5.32 Å². The number of hydrogen-bond donors (Lipinski definition) is 1. The lowest BCUT2D eigenvalue weighted by atomic mass is 10.2. The molecule has 1 N–H and O–H groups in total. The van der Waals surface area contributed by atoms with E-state index >= 15 is 0 Å². The summed E-state index contributed by atoms with van der Waals surface area (Å²) in [5.74, 6) is 0. The largest absolute Gasteiger partial charge is 0.444 e. The van der Waals surface area contributed by atoms with Crippen LogP contribution in [0.4, 0.5) is 10.5 Å². The number of aryl methyl sites for hydroxylation is 1. The summed E-state index contributed by atoms with van der Waals surface area (Å²) < 4.78 is 5.95. The van der Waals surface area contributed by atoms with E-state index in [2.05, 4.69) is 26.2 Å². The van der Waals surface area contributed by atoms with E-state index in [-0.39, 0.29) is 6.61 Å². The fraction of sp³-hybridized carbons (Fsp3) is 0.143. The van der Waals surface area contributed by atoms with Crippen LogP contribution >= 0.6 is 15.9 Å². The summed E-state index contributed by atoms with van der Waals surface area (Å²) in [7, 11) is 0. The third-order valence-electron chi connectivity index (χ3n) is 2.48. The third-order valence-corrected chi connectivity index (χ3v) is 3.29. The monoisotopic (exact) mass is 320 g/mol. The molecule has 0 unspecified atom stereocenters. The number of pyridine rings is 1. The average Bonchev–Trinajstić information content (AvgIpc) is 2.42. The maximum atomic E-state index is 11.6. The molecule has 1 aromatic heterocycles. The zero-order valence-corrected chi connectivity index (χ0v) is 12.0. The number of carbonyl (C=O) groups excluding carboxylic acids is 1. The number of anilines is 1. The standard InChI is InChI=1S/C14H13BrN2O2/c1-10-13(15)7-12(8-16-10)17-14(18)19-9-11-5-3-2-4-6-11/h2-8H,9H2,1H3,(H,17,18). The number of hydrogen-bond acceptors (Lipinski definition) is 3. The molecule has 1 aromatic carbocycles. The number of ether oxygens (including phenoxy) is 1. The molecule has 0 bridgehead atoms. The van der Waals surface area contributed by atoms with Crippen LogP contribution in [0.2, 0.25) is 0 Å². The number of nitrogens with zero attached hydrogens (tertiary/aromatic N) is 1. The topological polar surface area (TPSA) is 51.2 Å². The van der Waals surface area contributed by atoms with Crippen LogP contribution in [0, 0.1) is 6.92 Å². The summed E-state index contributed by atoms with van der Waals surface area (Å²) in [4.78, 5) is 15.7. The minimum Gasteiger partial charge on any atom is -0.444 e. The Bertz CT molecular complexity index is 573. The maximum absolute atomic E-state index is 11.6. The van der Waals surface area contributed by atoms with Gasteiger partial charge in [0.1, 0.15) is 6.61 Å². The predicted octanol–water partition coefficient (Wildman–Crippen LogP) is 3.90. The number of carbonyl (C=O) groups is 1. The summed E-state index contributed by atoms with van der Waals surface area (Å²) >= 11 is 3.36. The molecule has 2 aromatic rings. The summed E-state index contributed by atoms with van der Waals surface area (Å²) in [6.45, 7) is 2.12. The zero-order valence-electron chi connectivity index (χ0n) is 10.4. The third kappa shape index (κ3) is 4.06. The van der Waals surface area contributed by atoms with Gasteiger partial charge in [0.25, 0.3) is 0 Å². The van der Waals surface area contributed by atoms with E-state index in [1.807, 2.05) is 37.3 Å². The SMILES string of the molecule is Cc1ncc(NC(=O)OCc2ccccc2)cc1Br. The van der Waals surface area contributed by atoms with Gasteiger partial charge in [-0.3, -0.25) is 10.3 Å². The van der Waals surface area contributed by atoms with E-state index < -0.39 is 6.09 Å². The van der Waals surface area contributed by atoms with E-state index in [0.717, 1.165) is 15.7 Å². The first-order valence-corrected chi connectivity index (χ1v) is 6.54. The Balaban J connectivity index is 1.89. The van der Waals surface area contributed by atoms with Crippen LogP contribution in [0.5, 0.6) is 0 Å². The molecule has 5 heteroatoms. The van der Waals surface area contributed by atoms with Crippen LogP contribution in [0.3, 0.4) is 0 Å². The van der Waals surface area contributed by atoms with Crippen molar-refractivity contribution in [3.63, 3.8) is 0 Å². The lowest BCUT2D eigenvalue weighted by molar-refractivity contribution is 0.155. The molecule has 1 amide bonds. The summed E-state index contributed by atoms with van der Waals surface area (Å²) in [5.41, 5.74) is 2.40. The van der Waals surface area contributed by atoms with Gasteiger partial charge in [-0.1, -0.05) is 30.3 Å². The van der Waals surface area contributed by atoms with Gasteiger partial charge in [0.15, 0.2) is 0 Å². The summed E-state index contributed by atoms with van der Waals surface area (Å²) in [6.07, 6.45) is 1.09. The van der Waals surface area contributed by atoms with Crippen LogP contribution in [0.1, 0.15) is 11.3 Å². The smallest absolute Gasteiger partial charge is 0.412 e. The fourth-order valence-corrected chi connectivity index (χ4v) is 1.80. The second kappa shape index (κ2) is 6.33. The van der Waals surface area contributed by atoms with Crippen molar-refractivity contribution in [3.05, 3.63) is 58.3 Å². The molecule has 4 nitrogen and oxygen atoms in total. The first-order valence-electron chi connectivity index (χ1n) is 5.75. The molecule has 0 spiro atoms. The highest BCUT2D eigenvalue weighted by molar-refractivity contribution is 9.10. The van der Waals surface area contributed by atoms with Crippen molar-refractivity contribution < 1.29 is 9.53 Å². The fourth-order valence-electron chi connectivity index (χ4n) is 1.45. The van der Waals surface area contributed by atoms with Crippen LogP contribution in [-0.2, 0) is 11.3 Å². The van der Waals surface area contributed by atoms with Gasteiger partial charge in [0.05, 0.1) is 17.6 Å². The minimum absolute atomic E-state index is 0.243. The van der Waals surface area contributed by atoms with Gasteiger partial charge in [-0.2, -0.15) is 0 Å². The Kier molecular flexibility index (Phi) is 4.52. The number of aromatic nitrogens is 1. The normalized spacial score (nSPS) is 10.0. The summed E-state index contributed by atoms with van der Waals surface area (Å²) in [5, 5.41) is 2.63. The van der Waals surface area contributed by atoms with Crippen molar-refractivity contribution in [2.45, 2.75) is 13.5 Å². The highest BCUT2D eigenvalue weighted by Gasteiger charge is 2.05. The molecule has 0 aliphatic rings. The van der Waals surface area contributed by atoms with E-state index in [1.54, 1.807) is 12.3 Å². The lowest BCUT2D eigenvalue weighted by Gasteiger charge is -2.07. The molecule has 0 atom stereocenters. The average molecular weight is 321 g/mol. The van der Waals surface area contributed by atoms with Gasteiger partial charge < -0.3 is 4.74 Å². The number of benzene rings is 1. The highest BCUT2D eigenvalue weighted by Crippen LogP contribution is 2.18. The quantitative estimate of drug-likeness (QED) is 0.933. The summed E-state index contributed by atoms with van der Waals surface area (Å²) in [6, 6.07) is 11.3. The molecule has 0 saturated heterocycles. The van der Waals surface area contributed by atoms with Crippen LogP contribution in [0.25, 0.3) is 0 Å². The van der Waals surface area contributed by atoms with Crippen molar-refractivity contribution in [1.82, 2.24) is 4.98 Å². The van der Waals surface area contributed by atoms with Crippen LogP contribution in [-0.4, -0.2) is 11.1 Å². The molecule has 0 fully saturated rings. The molecule has 0 aliphatic carbocycles. The number of amides is 1. The molecule has 1 heterocycles. The molecule has 0 saturated carbocycles. The molecular formula is C14H13BrN2O2. The van der Waals surface area contributed by atoms with Gasteiger partial charge in [-0.05, 0) is 34.5 Å². The second-order valence-electron chi connectivity index (χ2n) is 3.98. The first kappa shape index (κ1) is 13.5. The highest BCUT2D eigenvalue weighted by atomic mass is 79.9. The van der Waals surface area contributed by atoms with Gasteiger partial charge >= 0.3 is 6.09 Å². The Hall–Kier alpha value is -1.88. The number of nitrogens with one attached hydrogen (secondary N) is 1. The Morgan fingerprint density at radius 3 is 2.79 bits per heavy atom. The minimum atomic E-state index is -0.499. The lowest BCUT2D eigenvalue weighted by Crippen LogP contribution is -2.13. The number of halogens is 1. The van der Waals surface area contributed by atoms with Crippen molar-refractivity contribution in [3.8, 4) is 0 Å². The van der Waals surface area contributed by atoms with Crippen molar-refractivity contribution in [2.75, 3.05) is 5.32 Å². The van der Waals surface area contributed by atoms with Crippen molar-refractivity contribution in [1.29, 1.82) is 0 Å². The predicted molar refractivity (Wildman–Crippen MR) is 76.9 cm³/mol. The molecule has 0 aliphatic heterocycles. The molecule has 19 heavy (non-hydrogen) atoms. The zero-order chi connectivity index (χ0) is 13.7. The number of rotatable bonds is 3. The molecule has 98 valence electrons. The first-order chi connectivity index (χ1) is 9.15. The van der Waals surface area contributed by atoms with Crippen LogP contribution in [0.15, 0.2) is 47.1 Å². The van der Waals surface area contributed by atoms with E-state index in [1.165, 1.54) is 0 Å². The van der Waals surface area contributed by atoms with Gasteiger partial charge in [-0.25, -0.2) is 4.79 Å². The van der Waals surface area contributed by atoms with E-state index in [0.29, 0.717) is 5.69 Å². The van der Waals surface area contributed by atoms with Crippen molar-refractivity contribution >= 4 is 27.7 Å².